The van der Waals surface area contributed by atoms with E-state index in [-0.39, 0.29) is 19.3 Å². The Morgan fingerprint density at radius 3 is 1.82 bits per heavy atom. The third-order valence-corrected chi connectivity index (χ3v) is 6.80. The van der Waals surface area contributed by atoms with Crippen LogP contribution in [0.25, 0.3) is 0 Å². The molecule has 0 radical (unpaired) electrons. The van der Waals surface area contributed by atoms with Gasteiger partial charge in [-0.3, -0.25) is 0 Å². The van der Waals surface area contributed by atoms with E-state index in [4.69, 9.17) is 23.9 Å². The summed E-state index contributed by atoms with van der Waals surface area (Å²) in [5, 5.41) is 26.3. The van der Waals surface area contributed by atoms with Crippen LogP contribution in [0.1, 0.15) is 71.6 Å². The molecule has 3 unspecified atom stereocenters. The summed E-state index contributed by atoms with van der Waals surface area (Å²) in [7, 11) is -4.24. The Bertz CT molecular complexity index is 417. The van der Waals surface area contributed by atoms with Crippen LogP contribution in [0.15, 0.2) is 0 Å². The Kier molecular flexibility index (Phi) is 22.2. The fraction of sp³-hybridized carbons (Fsp3) is 1.00. The minimum absolute atomic E-state index is 0.0233. The zero-order chi connectivity index (χ0) is 24.8. The van der Waals surface area contributed by atoms with Gasteiger partial charge in [0.15, 0.2) is 0 Å². The van der Waals surface area contributed by atoms with Crippen LogP contribution in [-0.4, -0.2) is 98.2 Å². The second-order valence-corrected chi connectivity index (χ2v) is 11.6. The number of hydrogen-bond donors (Lipinski definition) is 7. The molecule has 0 aliphatic rings. The molecule has 9 nitrogen and oxygen atoms in total. The predicted octanol–water partition coefficient (Wildman–Crippen LogP) is 0.736. The molecule has 7 N–H and O–H groups in total. The number of nitrogens with one attached hydrogen (secondary N) is 2. The summed E-state index contributed by atoms with van der Waals surface area (Å²) in [6.07, 6.45) is 8.45. The van der Waals surface area contributed by atoms with Crippen molar-refractivity contribution in [1.82, 2.24) is 10.6 Å². The third-order valence-electron chi connectivity index (χ3n) is 5.61. The molecule has 0 aromatic carbocycles. The molecule has 0 spiro atoms. The maximum atomic E-state index is 10.0. The average molecular weight is 498 g/mol. The fourth-order valence-electron chi connectivity index (χ4n) is 3.46. The van der Waals surface area contributed by atoms with Gasteiger partial charge in [0.05, 0.1) is 12.7 Å². The number of hydrogen-bond acceptors (Lipinski definition) is 9. The predicted molar refractivity (Wildman–Crippen MR) is 134 cm³/mol. The molecule has 0 aliphatic heterocycles. The maximum absolute atomic E-state index is 10.0. The molecule has 0 aromatic rings. The first-order valence-electron chi connectivity index (χ1n) is 13.0. The van der Waals surface area contributed by atoms with Crippen molar-refractivity contribution in [3.8, 4) is 0 Å². The number of aliphatic hydroxyl groups is 2. The van der Waals surface area contributed by atoms with Gasteiger partial charge in [0.1, 0.15) is 0 Å². The number of aliphatic hydroxyl groups excluding tert-OH is 2. The summed E-state index contributed by atoms with van der Waals surface area (Å²) in [4.78, 5) is 26.7. The first-order chi connectivity index (χ1) is 15.8. The van der Waals surface area contributed by atoms with Gasteiger partial charge in [-0.2, -0.15) is 0 Å². The molecular weight excluding hydrogens is 444 g/mol. The summed E-state index contributed by atoms with van der Waals surface area (Å²) in [6, 6.07) is -0.0233. The number of rotatable bonds is 25. The quantitative estimate of drug-likeness (QED) is 0.0717. The minimum atomic E-state index is -4.24. The Morgan fingerprint density at radius 1 is 0.727 bits per heavy atom. The Hall–Kier alpha value is -0.143. The molecule has 3 atom stereocenters. The van der Waals surface area contributed by atoms with Crippen LogP contribution in [-0.2, 0) is 9.47 Å². The monoisotopic (exact) mass is 497 g/mol. The first kappa shape index (κ1) is 32.9. The normalized spacial score (nSPS) is 15.5. The van der Waals surface area contributed by atoms with Gasteiger partial charge < -0.3 is 15.2 Å². The molecule has 0 rings (SSSR count). The molecule has 0 bridgehead atoms. The van der Waals surface area contributed by atoms with E-state index < -0.39 is 21.0 Å². The number of unbranched alkanes of at least 4 members (excludes halogenated alkanes) is 4. The summed E-state index contributed by atoms with van der Waals surface area (Å²) in [5.74, 6) is 0.603. The van der Waals surface area contributed by atoms with Crippen LogP contribution < -0.4 is 10.6 Å². The van der Waals surface area contributed by atoms with Crippen LogP contribution in [0.5, 0.6) is 0 Å². The van der Waals surface area contributed by atoms with Crippen molar-refractivity contribution in [2.75, 3.05) is 52.6 Å². The fourth-order valence-corrected chi connectivity index (χ4v) is 4.17. The van der Waals surface area contributed by atoms with Crippen molar-refractivity contribution in [1.29, 1.82) is 0 Å². The standard InChI is InChI=1S/C23H53N2O7Si/c1-3-5-11-21(4-2)18-32-20-23(27)17-25-13-9-7-6-8-12-24-16-22(26)19-31-14-10-15-33(28,29)30/h21-30,33H,3-20H2,1-2H3/q-1. The zero-order valence-electron chi connectivity index (χ0n) is 21.1. The van der Waals surface area contributed by atoms with Gasteiger partial charge >= 0.3 is 102 Å². The van der Waals surface area contributed by atoms with E-state index in [2.05, 4.69) is 24.5 Å². The van der Waals surface area contributed by atoms with E-state index >= 15 is 0 Å². The van der Waals surface area contributed by atoms with E-state index in [0.29, 0.717) is 32.0 Å². The van der Waals surface area contributed by atoms with E-state index in [0.717, 1.165) is 51.8 Å². The summed E-state index contributed by atoms with van der Waals surface area (Å²) in [5.41, 5.74) is 0. The van der Waals surface area contributed by atoms with Gasteiger partial charge in [0.25, 0.3) is 0 Å². The van der Waals surface area contributed by atoms with Crippen molar-refractivity contribution in [2.45, 2.75) is 89.9 Å². The molecule has 10 heteroatoms. The molecule has 202 valence electrons. The molecule has 0 saturated carbocycles. The molecule has 0 heterocycles. The van der Waals surface area contributed by atoms with E-state index in [1.165, 1.54) is 19.3 Å². The molecule has 33 heavy (non-hydrogen) atoms. The van der Waals surface area contributed by atoms with Crippen molar-refractivity contribution in [3.63, 3.8) is 0 Å². The second-order valence-electron chi connectivity index (χ2n) is 9.20. The van der Waals surface area contributed by atoms with Crippen LogP contribution >= 0.6 is 0 Å². The Balaban J connectivity index is 3.38. The van der Waals surface area contributed by atoms with Gasteiger partial charge in [-0.05, 0) is 25.3 Å². The first-order valence-corrected chi connectivity index (χ1v) is 15.4. The van der Waals surface area contributed by atoms with Gasteiger partial charge in [-0.25, -0.2) is 0 Å². The molecular formula is C23H53N2O7Si-. The number of ether oxygens (including phenoxy) is 2. The molecule has 0 fully saturated rings. The summed E-state index contributed by atoms with van der Waals surface area (Å²) in [6.45, 7) is 8.78. The van der Waals surface area contributed by atoms with Crippen LogP contribution in [0.4, 0.5) is 0 Å². The summed E-state index contributed by atoms with van der Waals surface area (Å²) >= 11 is 0. The Labute approximate surface area is 202 Å². The van der Waals surface area contributed by atoms with Crippen LogP contribution in [0, 0.1) is 5.92 Å². The molecule has 0 aliphatic carbocycles. The van der Waals surface area contributed by atoms with Gasteiger partial charge in [-0.1, -0.05) is 33.1 Å². The topological polar surface area (TPSA) is 144 Å². The molecule has 0 amide bonds. The van der Waals surface area contributed by atoms with E-state index in [9.17, 15) is 10.2 Å². The van der Waals surface area contributed by atoms with Crippen LogP contribution in [0.3, 0.4) is 0 Å². The second kappa shape index (κ2) is 22.3. The van der Waals surface area contributed by atoms with E-state index in [1.54, 1.807) is 0 Å². The Morgan fingerprint density at radius 2 is 1.30 bits per heavy atom. The van der Waals surface area contributed by atoms with Crippen LogP contribution in [0.2, 0.25) is 6.04 Å². The van der Waals surface area contributed by atoms with Gasteiger partial charge in [0, 0.05) is 13.2 Å². The van der Waals surface area contributed by atoms with Crippen molar-refractivity contribution >= 4 is 8.80 Å². The molecule has 0 aromatic heterocycles. The summed E-state index contributed by atoms with van der Waals surface area (Å²) < 4.78 is 11.0. The molecule has 0 saturated heterocycles. The van der Waals surface area contributed by atoms with Gasteiger partial charge in [-0.15, -0.1) is 0 Å². The van der Waals surface area contributed by atoms with Crippen molar-refractivity contribution in [3.05, 3.63) is 0 Å². The zero-order valence-corrected chi connectivity index (χ0v) is 22.2. The third kappa shape index (κ3) is 24.8. The van der Waals surface area contributed by atoms with E-state index in [1.807, 2.05) is 0 Å². The van der Waals surface area contributed by atoms with Crippen molar-refractivity contribution in [2.24, 2.45) is 5.92 Å². The SMILES string of the molecule is CCCCC(CC)COCC(O)CNCCCCCCNCC(O)COCCC[SiH-](O)(O)O. The van der Waals surface area contributed by atoms with Gasteiger partial charge in [0.2, 0.25) is 0 Å². The average Bonchev–Trinajstić information content (AvgIpc) is 2.76. The van der Waals surface area contributed by atoms with Crippen molar-refractivity contribution < 1.29 is 34.1 Å².